The Morgan fingerprint density at radius 3 is 2.42 bits per heavy atom. The van der Waals surface area contributed by atoms with E-state index in [1.54, 1.807) is 12.1 Å². The Labute approximate surface area is 110 Å². The summed E-state index contributed by atoms with van der Waals surface area (Å²) in [5.41, 5.74) is 1.39. The molecule has 5 heteroatoms. The topological polar surface area (TPSA) is 78.8 Å². The standard InChI is InChI=1S/C14H13NO4/c1-19-14(18)9-2-7-13(17)12(8-9)15-10-3-5-11(16)6-4-10/h2-8,15-17H,1H3. The van der Waals surface area contributed by atoms with Crippen molar-refractivity contribution in [3.05, 3.63) is 48.0 Å². The Bertz CT molecular complexity index is 593. The Morgan fingerprint density at radius 1 is 1.11 bits per heavy atom. The van der Waals surface area contributed by atoms with Crippen LogP contribution in [0.4, 0.5) is 11.4 Å². The zero-order chi connectivity index (χ0) is 13.8. The molecule has 0 aromatic heterocycles. The fourth-order valence-corrected chi connectivity index (χ4v) is 1.58. The average molecular weight is 259 g/mol. The van der Waals surface area contributed by atoms with Crippen molar-refractivity contribution in [3.8, 4) is 11.5 Å². The molecule has 0 heterocycles. The third kappa shape index (κ3) is 2.95. The monoisotopic (exact) mass is 259 g/mol. The first-order chi connectivity index (χ1) is 9.10. The number of carbonyl (C=O) groups excluding carboxylic acids is 1. The molecule has 0 radical (unpaired) electrons. The second kappa shape index (κ2) is 5.30. The van der Waals surface area contributed by atoms with Crippen LogP contribution in [-0.4, -0.2) is 23.3 Å². The molecule has 3 N–H and O–H groups in total. The highest BCUT2D eigenvalue weighted by Crippen LogP contribution is 2.28. The van der Waals surface area contributed by atoms with Crippen molar-refractivity contribution in [2.45, 2.75) is 0 Å². The Hall–Kier alpha value is -2.69. The van der Waals surface area contributed by atoms with Crippen LogP contribution >= 0.6 is 0 Å². The van der Waals surface area contributed by atoms with Crippen LogP contribution in [0.25, 0.3) is 0 Å². The summed E-state index contributed by atoms with van der Waals surface area (Å²) in [4.78, 5) is 11.4. The lowest BCUT2D eigenvalue weighted by molar-refractivity contribution is 0.0601. The first-order valence-electron chi connectivity index (χ1n) is 5.57. The van der Waals surface area contributed by atoms with Gasteiger partial charge in [0.15, 0.2) is 0 Å². The predicted octanol–water partition coefficient (Wildman–Crippen LogP) is 2.63. The Morgan fingerprint density at radius 2 is 1.79 bits per heavy atom. The molecule has 2 aromatic carbocycles. The van der Waals surface area contributed by atoms with Gasteiger partial charge in [0.1, 0.15) is 11.5 Å². The second-order valence-electron chi connectivity index (χ2n) is 3.90. The maximum atomic E-state index is 11.4. The minimum absolute atomic E-state index is 0.0146. The number of phenols is 2. The predicted molar refractivity (Wildman–Crippen MR) is 70.8 cm³/mol. The zero-order valence-corrected chi connectivity index (χ0v) is 10.3. The summed E-state index contributed by atoms with van der Waals surface area (Å²) < 4.78 is 4.62. The van der Waals surface area contributed by atoms with Crippen LogP contribution in [0.3, 0.4) is 0 Å². The lowest BCUT2D eigenvalue weighted by atomic mass is 10.1. The number of hydrogen-bond acceptors (Lipinski definition) is 5. The van der Waals surface area contributed by atoms with Crippen LogP contribution in [0.5, 0.6) is 11.5 Å². The van der Waals surface area contributed by atoms with E-state index in [1.165, 1.54) is 37.4 Å². The second-order valence-corrected chi connectivity index (χ2v) is 3.90. The maximum absolute atomic E-state index is 11.4. The molecule has 0 fully saturated rings. The summed E-state index contributed by atoms with van der Waals surface area (Å²) in [6, 6.07) is 10.7. The third-order valence-corrected chi connectivity index (χ3v) is 2.56. The van der Waals surface area contributed by atoms with Crippen molar-refractivity contribution in [1.82, 2.24) is 0 Å². The van der Waals surface area contributed by atoms with Gasteiger partial charge < -0.3 is 20.3 Å². The lowest BCUT2D eigenvalue weighted by Gasteiger charge is -2.10. The summed E-state index contributed by atoms with van der Waals surface area (Å²) in [5.74, 6) is -0.312. The number of methoxy groups -OCH3 is 1. The van der Waals surface area contributed by atoms with E-state index in [1.807, 2.05) is 0 Å². The van der Waals surface area contributed by atoms with E-state index in [0.717, 1.165) is 0 Å². The van der Waals surface area contributed by atoms with Gasteiger partial charge in [0, 0.05) is 5.69 Å². The smallest absolute Gasteiger partial charge is 0.337 e. The Kier molecular flexibility index (Phi) is 3.56. The van der Waals surface area contributed by atoms with E-state index in [0.29, 0.717) is 16.9 Å². The number of phenolic OH excluding ortho intramolecular Hbond substituents is 2. The summed E-state index contributed by atoms with van der Waals surface area (Å²) in [5, 5.41) is 21.9. The van der Waals surface area contributed by atoms with Crippen LogP contribution < -0.4 is 5.32 Å². The first-order valence-corrected chi connectivity index (χ1v) is 5.57. The largest absolute Gasteiger partial charge is 0.508 e. The number of ether oxygens (including phenoxy) is 1. The third-order valence-electron chi connectivity index (χ3n) is 2.56. The maximum Gasteiger partial charge on any atom is 0.337 e. The quantitative estimate of drug-likeness (QED) is 0.448. The summed E-state index contributed by atoms with van der Waals surface area (Å²) >= 11 is 0. The molecule has 0 aliphatic carbocycles. The molecule has 2 rings (SSSR count). The van der Waals surface area contributed by atoms with Gasteiger partial charge in [-0.15, -0.1) is 0 Å². The van der Waals surface area contributed by atoms with Gasteiger partial charge in [-0.25, -0.2) is 4.79 Å². The lowest BCUT2D eigenvalue weighted by Crippen LogP contribution is -2.02. The Balaban J connectivity index is 2.28. The summed E-state index contributed by atoms with van der Waals surface area (Å²) in [6.07, 6.45) is 0. The molecule has 0 aliphatic heterocycles. The van der Waals surface area contributed by atoms with Crippen LogP contribution in [0.1, 0.15) is 10.4 Å². The molecular formula is C14H13NO4. The molecule has 0 unspecified atom stereocenters. The van der Waals surface area contributed by atoms with E-state index in [4.69, 9.17) is 0 Å². The number of nitrogens with one attached hydrogen (secondary N) is 1. The molecular weight excluding hydrogens is 246 g/mol. The highest BCUT2D eigenvalue weighted by Gasteiger charge is 2.09. The number of carbonyl (C=O) groups is 1. The first kappa shape index (κ1) is 12.8. The number of anilines is 2. The van der Waals surface area contributed by atoms with Crippen LogP contribution in [0.15, 0.2) is 42.5 Å². The van der Waals surface area contributed by atoms with Gasteiger partial charge in [-0.1, -0.05) is 0 Å². The number of esters is 1. The fraction of sp³-hybridized carbons (Fsp3) is 0.0714. The van der Waals surface area contributed by atoms with Crippen LogP contribution in [0.2, 0.25) is 0 Å². The van der Waals surface area contributed by atoms with Gasteiger partial charge in [0.05, 0.1) is 18.4 Å². The number of hydrogen-bond donors (Lipinski definition) is 3. The van der Waals surface area contributed by atoms with Crippen molar-refractivity contribution in [3.63, 3.8) is 0 Å². The van der Waals surface area contributed by atoms with Crippen LogP contribution in [-0.2, 0) is 4.74 Å². The summed E-state index contributed by atoms with van der Waals surface area (Å²) in [7, 11) is 1.29. The molecule has 0 amide bonds. The van der Waals surface area contributed by atoms with Crippen molar-refractivity contribution in [1.29, 1.82) is 0 Å². The van der Waals surface area contributed by atoms with E-state index >= 15 is 0 Å². The highest BCUT2D eigenvalue weighted by atomic mass is 16.5. The molecule has 0 atom stereocenters. The van der Waals surface area contributed by atoms with E-state index in [9.17, 15) is 15.0 Å². The molecule has 0 saturated carbocycles. The van der Waals surface area contributed by atoms with Crippen molar-refractivity contribution in [2.75, 3.05) is 12.4 Å². The van der Waals surface area contributed by atoms with Gasteiger partial charge in [-0.3, -0.25) is 0 Å². The van der Waals surface area contributed by atoms with Gasteiger partial charge in [-0.05, 0) is 42.5 Å². The van der Waals surface area contributed by atoms with Gasteiger partial charge in [0.2, 0.25) is 0 Å². The molecule has 2 aromatic rings. The molecule has 0 saturated heterocycles. The van der Waals surface area contributed by atoms with E-state index in [-0.39, 0.29) is 11.5 Å². The van der Waals surface area contributed by atoms with E-state index in [2.05, 4.69) is 10.1 Å². The summed E-state index contributed by atoms with van der Waals surface area (Å²) in [6.45, 7) is 0. The SMILES string of the molecule is COC(=O)c1ccc(O)c(Nc2ccc(O)cc2)c1. The highest BCUT2D eigenvalue weighted by molar-refractivity contribution is 5.91. The van der Waals surface area contributed by atoms with Crippen LogP contribution in [0, 0.1) is 0 Å². The van der Waals surface area contributed by atoms with Crippen molar-refractivity contribution >= 4 is 17.3 Å². The van der Waals surface area contributed by atoms with Crippen molar-refractivity contribution < 1.29 is 19.7 Å². The number of aromatic hydroxyl groups is 2. The molecule has 98 valence electrons. The molecule has 0 bridgehead atoms. The van der Waals surface area contributed by atoms with Gasteiger partial charge in [0.25, 0.3) is 0 Å². The number of rotatable bonds is 3. The van der Waals surface area contributed by atoms with Crippen molar-refractivity contribution in [2.24, 2.45) is 0 Å². The minimum Gasteiger partial charge on any atom is -0.508 e. The minimum atomic E-state index is -0.478. The normalized spacial score (nSPS) is 9.95. The molecule has 0 aliphatic rings. The van der Waals surface area contributed by atoms with E-state index < -0.39 is 5.97 Å². The molecule has 19 heavy (non-hydrogen) atoms. The average Bonchev–Trinajstić information content (AvgIpc) is 2.43. The van der Waals surface area contributed by atoms with Gasteiger partial charge in [-0.2, -0.15) is 0 Å². The fourth-order valence-electron chi connectivity index (χ4n) is 1.58. The molecule has 0 spiro atoms. The van der Waals surface area contributed by atoms with Gasteiger partial charge >= 0.3 is 5.97 Å². The molecule has 5 nitrogen and oxygen atoms in total. The number of benzene rings is 2. The zero-order valence-electron chi connectivity index (χ0n) is 10.3.